The molecule has 0 radical (unpaired) electrons. The van der Waals surface area contributed by atoms with Crippen molar-refractivity contribution in [2.24, 2.45) is 0 Å². The predicted octanol–water partition coefficient (Wildman–Crippen LogP) is 3.24. The highest BCUT2D eigenvalue weighted by atomic mass is 19.1. The van der Waals surface area contributed by atoms with Gasteiger partial charge in [0.15, 0.2) is 11.6 Å². The molecule has 146 valence electrons. The maximum Gasteiger partial charge on any atom is 0.229 e. The van der Waals surface area contributed by atoms with Crippen LogP contribution in [-0.2, 0) is 6.54 Å². The zero-order valence-corrected chi connectivity index (χ0v) is 15.7. The molecule has 3 aromatic rings. The minimum atomic E-state index is -0.755. The molecule has 2 aromatic heterocycles. The van der Waals surface area contributed by atoms with Gasteiger partial charge in [0.2, 0.25) is 5.95 Å². The molecule has 9 heteroatoms. The third kappa shape index (κ3) is 3.65. The van der Waals surface area contributed by atoms with Gasteiger partial charge in [0.25, 0.3) is 0 Å². The van der Waals surface area contributed by atoms with Crippen molar-refractivity contribution in [3.63, 3.8) is 0 Å². The van der Waals surface area contributed by atoms with Crippen LogP contribution in [0.25, 0.3) is 5.69 Å². The summed E-state index contributed by atoms with van der Waals surface area (Å²) in [4.78, 5) is 10.7. The largest absolute Gasteiger partial charge is 0.373 e. The molecule has 0 atom stereocenters. The van der Waals surface area contributed by atoms with Crippen molar-refractivity contribution >= 4 is 17.5 Å². The van der Waals surface area contributed by atoms with Crippen LogP contribution in [0.3, 0.4) is 0 Å². The number of anilines is 3. The number of aryl methyl sites for hydroxylation is 1. The molecule has 1 fully saturated rings. The smallest absolute Gasteiger partial charge is 0.229 e. The zero-order valence-electron chi connectivity index (χ0n) is 15.7. The summed E-state index contributed by atoms with van der Waals surface area (Å²) in [7, 11) is 1.73. The standard InChI is InChI=1S/C19H21F2N7/c1-12-8-16(22-2)26-19(24-12)25-15-5-4-14(20)18(17(15)21)28-11-13(9-23-28)10-27-6-3-7-27/h4-5,8-9,11H,3,6-7,10H2,1-2H3,(H2,22,24,25,26). The molecule has 0 spiro atoms. The van der Waals surface area contributed by atoms with E-state index < -0.39 is 11.6 Å². The Kier molecular flexibility index (Phi) is 4.91. The first kappa shape index (κ1) is 18.3. The Labute approximate surface area is 161 Å². The third-order valence-electron chi connectivity index (χ3n) is 4.64. The molecule has 1 aliphatic rings. The first-order chi connectivity index (χ1) is 13.5. The summed E-state index contributed by atoms with van der Waals surface area (Å²) >= 11 is 0. The van der Waals surface area contributed by atoms with E-state index in [4.69, 9.17) is 0 Å². The molecular weight excluding hydrogens is 364 g/mol. The quantitative estimate of drug-likeness (QED) is 0.679. The van der Waals surface area contributed by atoms with Crippen LogP contribution in [0.1, 0.15) is 17.7 Å². The minimum absolute atomic E-state index is 0.0730. The molecule has 1 saturated heterocycles. The van der Waals surface area contributed by atoms with Gasteiger partial charge in [0, 0.05) is 37.1 Å². The van der Waals surface area contributed by atoms with Crippen LogP contribution >= 0.6 is 0 Å². The van der Waals surface area contributed by atoms with Gasteiger partial charge >= 0.3 is 0 Å². The average molecular weight is 385 g/mol. The molecule has 0 bridgehead atoms. The van der Waals surface area contributed by atoms with E-state index in [1.165, 1.54) is 23.2 Å². The summed E-state index contributed by atoms with van der Waals surface area (Å²) in [5.41, 5.74) is 1.47. The fraction of sp³-hybridized carbons (Fsp3) is 0.316. The van der Waals surface area contributed by atoms with Gasteiger partial charge in [0.1, 0.15) is 11.5 Å². The van der Waals surface area contributed by atoms with Gasteiger partial charge in [-0.25, -0.2) is 18.4 Å². The van der Waals surface area contributed by atoms with Crippen molar-refractivity contribution in [1.29, 1.82) is 0 Å². The van der Waals surface area contributed by atoms with Crippen LogP contribution in [0.2, 0.25) is 0 Å². The van der Waals surface area contributed by atoms with E-state index in [-0.39, 0.29) is 17.3 Å². The Morgan fingerprint density at radius 3 is 2.71 bits per heavy atom. The van der Waals surface area contributed by atoms with Gasteiger partial charge in [-0.3, -0.25) is 4.90 Å². The topological polar surface area (TPSA) is 70.9 Å². The molecule has 0 saturated carbocycles. The first-order valence-corrected chi connectivity index (χ1v) is 9.08. The van der Waals surface area contributed by atoms with E-state index in [0.29, 0.717) is 11.5 Å². The Morgan fingerprint density at radius 1 is 1.18 bits per heavy atom. The number of hydrogen-bond acceptors (Lipinski definition) is 6. The van der Waals surface area contributed by atoms with Crippen LogP contribution in [-0.4, -0.2) is 44.8 Å². The average Bonchev–Trinajstić information content (AvgIpc) is 3.08. The first-order valence-electron chi connectivity index (χ1n) is 9.08. The number of hydrogen-bond donors (Lipinski definition) is 2. The summed E-state index contributed by atoms with van der Waals surface area (Å²) in [5.74, 6) is -0.627. The van der Waals surface area contributed by atoms with E-state index >= 15 is 4.39 Å². The summed E-state index contributed by atoms with van der Waals surface area (Å²) in [6.45, 7) is 4.62. The lowest BCUT2D eigenvalue weighted by Crippen LogP contribution is -2.36. The van der Waals surface area contributed by atoms with Crippen molar-refractivity contribution in [2.45, 2.75) is 19.9 Å². The van der Waals surface area contributed by atoms with Gasteiger partial charge in [-0.05, 0) is 38.6 Å². The number of nitrogens with zero attached hydrogens (tertiary/aromatic N) is 5. The molecular formula is C19H21F2N7. The zero-order chi connectivity index (χ0) is 19.7. The molecule has 0 aliphatic carbocycles. The molecule has 7 nitrogen and oxygen atoms in total. The Morgan fingerprint density at radius 2 is 2.00 bits per heavy atom. The molecule has 1 aromatic carbocycles. The van der Waals surface area contributed by atoms with E-state index in [0.717, 1.165) is 25.2 Å². The summed E-state index contributed by atoms with van der Waals surface area (Å²) in [6.07, 6.45) is 4.48. The monoisotopic (exact) mass is 385 g/mol. The number of benzene rings is 1. The molecule has 1 aliphatic heterocycles. The van der Waals surface area contributed by atoms with Gasteiger partial charge in [-0.2, -0.15) is 10.1 Å². The fourth-order valence-corrected chi connectivity index (χ4v) is 3.08. The van der Waals surface area contributed by atoms with Crippen LogP contribution < -0.4 is 10.6 Å². The summed E-state index contributed by atoms with van der Waals surface area (Å²) < 4.78 is 30.7. The lowest BCUT2D eigenvalue weighted by molar-refractivity contribution is 0.172. The molecule has 28 heavy (non-hydrogen) atoms. The van der Waals surface area contributed by atoms with Crippen molar-refractivity contribution in [3.05, 3.63) is 53.5 Å². The summed E-state index contributed by atoms with van der Waals surface area (Å²) in [6, 6.07) is 4.29. The SMILES string of the molecule is CNc1cc(C)nc(Nc2ccc(F)c(-n3cc(CN4CCC4)cn3)c2F)n1. The maximum absolute atomic E-state index is 15.1. The number of nitrogens with one attached hydrogen (secondary N) is 2. The third-order valence-corrected chi connectivity index (χ3v) is 4.64. The molecule has 0 amide bonds. The second-order valence-electron chi connectivity index (χ2n) is 6.77. The highest BCUT2D eigenvalue weighted by molar-refractivity contribution is 5.60. The highest BCUT2D eigenvalue weighted by Crippen LogP contribution is 2.27. The lowest BCUT2D eigenvalue weighted by Gasteiger charge is -2.29. The van der Waals surface area contributed by atoms with Gasteiger partial charge < -0.3 is 10.6 Å². The molecule has 0 unspecified atom stereocenters. The Bertz CT molecular complexity index is 998. The second-order valence-corrected chi connectivity index (χ2v) is 6.77. The van der Waals surface area contributed by atoms with E-state index in [1.54, 1.807) is 25.5 Å². The second kappa shape index (κ2) is 7.51. The normalized spacial score (nSPS) is 14.0. The van der Waals surface area contributed by atoms with Crippen molar-refractivity contribution in [2.75, 3.05) is 30.8 Å². The fourth-order valence-electron chi connectivity index (χ4n) is 3.08. The van der Waals surface area contributed by atoms with Crippen LogP contribution in [0, 0.1) is 18.6 Å². The molecule has 3 heterocycles. The Hall–Kier alpha value is -3.07. The molecule has 4 rings (SSSR count). The highest BCUT2D eigenvalue weighted by Gasteiger charge is 2.19. The lowest BCUT2D eigenvalue weighted by atomic mass is 10.2. The van der Waals surface area contributed by atoms with Crippen LogP contribution in [0.5, 0.6) is 0 Å². The van der Waals surface area contributed by atoms with E-state index in [1.807, 2.05) is 6.92 Å². The van der Waals surface area contributed by atoms with Gasteiger partial charge in [-0.15, -0.1) is 0 Å². The number of likely N-dealkylation sites (tertiary alicyclic amines) is 1. The van der Waals surface area contributed by atoms with Crippen molar-refractivity contribution in [3.8, 4) is 5.69 Å². The minimum Gasteiger partial charge on any atom is -0.373 e. The van der Waals surface area contributed by atoms with Crippen molar-refractivity contribution < 1.29 is 8.78 Å². The number of halogens is 2. The number of rotatable bonds is 6. The van der Waals surface area contributed by atoms with Crippen LogP contribution in [0.4, 0.5) is 26.2 Å². The van der Waals surface area contributed by atoms with Crippen LogP contribution in [0.15, 0.2) is 30.6 Å². The van der Waals surface area contributed by atoms with Gasteiger partial charge in [-0.1, -0.05) is 0 Å². The maximum atomic E-state index is 15.1. The van der Waals surface area contributed by atoms with Gasteiger partial charge in [0.05, 0.1) is 11.9 Å². The Balaban J connectivity index is 1.63. The predicted molar refractivity (Wildman–Crippen MR) is 103 cm³/mol. The van der Waals surface area contributed by atoms with E-state index in [9.17, 15) is 4.39 Å². The molecule has 2 N–H and O–H groups in total. The number of aromatic nitrogens is 4. The summed E-state index contributed by atoms with van der Waals surface area (Å²) in [5, 5.41) is 9.90. The van der Waals surface area contributed by atoms with Crippen molar-refractivity contribution in [1.82, 2.24) is 24.6 Å². The van der Waals surface area contributed by atoms with E-state index in [2.05, 4.69) is 30.6 Å².